The highest BCUT2D eigenvalue weighted by molar-refractivity contribution is 5.40. The molecular formula is C13H23N3O. The minimum absolute atomic E-state index is 0.440. The quantitative estimate of drug-likeness (QED) is 0.878. The van der Waals surface area contributed by atoms with Crippen LogP contribution in [0.2, 0.25) is 0 Å². The summed E-state index contributed by atoms with van der Waals surface area (Å²) < 4.78 is 6.98. The summed E-state index contributed by atoms with van der Waals surface area (Å²) in [6.45, 7) is 6.99. The summed E-state index contributed by atoms with van der Waals surface area (Å²) in [7, 11) is 3.56. The van der Waals surface area contributed by atoms with E-state index in [0.717, 1.165) is 11.7 Å². The van der Waals surface area contributed by atoms with E-state index >= 15 is 0 Å². The van der Waals surface area contributed by atoms with Crippen LogP contribution >= 0.6 is 0 Å². The molecule has 1 aromatic rings. The second-order valence-corrected chi connectivity index (χ2v) is 6.00. The highest BCUT2D eigenvalue weighted by Crippen LogP contribution is 2.42. The molecule has 0 amide bonds. The Balaban J connectivity index is 2.06. The molecule has 1 N–H and O–H groups in total. The second kappa shape index (κ2) is 4.24. The van der Waals surface area contributed by atoms with Gasteiger partial charge < -0.3 is 10.1 Å². The summed E-state index contributed by atoms with van der Waals surface area (Å²) in [5.74, 6) is 2.40. The van der Waals surface area contributed by atoms with Gasteiger partial charge in [-0.05, 0) is 24.2 Å². The Bertz CT molecular complexity index is 397. The van der Waals surface area contributed by atoms with Crippen molar-refractivity contribution in [2.24, 2.45) is 18.4 Å². The molecule has 0 aromatic carbocycles. The number of hydrogen-bond acceptors (Lipinski definition) is 3. The number of aryl methyl sites for hydroxylation is 1. The van der Waals surface area contributed by atoms with E-state index in [0.29, 0.717) is 17.4 Å². The third kappa shape index (κ3) is 2.56. The predicted molar refractivity (Wildman–Crippen MR) is 69.3 cm³/mol. The van der Waals surface area contributed by atoms with Crippen LogP contribution in [-0.2, 0) is 7.05 Å². The van der Waals surface area contributed by atoms with E-state index < -0.39 is 0 Å². The fourth-order valence-corrected chi connectivity index (χ4v) is 2.99. The molecule has 2 unspecified atom stereocenters. The van der Waals surface area contributed by atoms with Crippen LogP contribution in [0, 0.1) is 11.3 Å². The third-order valence-corrected chi connectivity index (χ3v) is 3.71. The van der Waals surface area contributed by atoms with E-state index in [1.165, 1.54) is 12.8 Å². The number of nitrogens with one attached hydrogen (secondary N) is 1. The van der Waals surface area contributed by atoms with Crippen LogP contribution in [0.4, 0.5) is 5.82 Å². The van der Waals surface area contributed by atoms with Gasteiger partial charge in [0.05, 0.1) is 7.11 Å². The van der Waals surface area contributed by atoms with Gasteiger partial charge >= 0.3 is 0 Å². The zero-order chi connectivity index (χ0) is 12.6. The van der Waals surface area contributed by atoms with Crippen molar-refractivity contribution < 1.29 is 4.74 Å². The van der Waals surface area contributed by atoms with Crippen molar-refractivity contribution in [3.8, 4) is 5.88 Å². The predicted octanol–water partition coefficient (Wildman–Crippen LogP) is 2.67. The first kappa shape index (κ1) is 12.3. The lowest BCUT2D eigenvalue weighted by Gasteiger charge is -2.18. The number of anilines is 1. The average molecular weight is 237 g/mol. The highest BCUT2D eigenvalue weighted by Gasteiger charge is 2.36. The summed E-state index contributed by atoms with van der Waals surface area (Å²) in [6, 6.07) is 2.47. The first-order valence-electron chi connectivity index (χ1n) is 6.26. The van der Waals surface area contributed by atoms with Gasteiger partial charge in [0.2, 0.25) is 5.88 Å². The number of aromatic nitrogens is 2. The zero-order valence-corrected chi connectivity index (χ0v) is 11.4. The largest absolute Gasteiger partial charge is 0.481 e. The third-order valence-electron chi connectivity index (χ3n) is 3.71. The minimum Gasteiger partial charge on any atom is -0.481 e. The van der Waals surface area contributed by atoms with Crippen molar-refractivity contribution in [1.29, 1.82) is 0 Å². The topological polar surface area (TPSA) is 39.1 Å². The molecular weight excluding hydrogens is 214 g/mol. The van der Waals surface area contributed by atoms with Gasteiger partial charge in [-0.2, -0.15) is 5.10 Å². The molecule has 1 fully saturated rings. The summed E-state index contributed by atoms with van der Waals surface area (Å²) in [4.78, 5) is 0. The first-order chi connectivity index (χ1) is 7.91. The van der Waals surface area contributed by atoms with Crippen LogP contribution in [0.3, 0.4) is 0 Å². The summed E-state index contributed by atoms with van der Waals surface area (Å²) in [6.07, 6.45) is 2.47. The van der Waals surface area contributed by atoms with Crippen molar-refractivity contribution in [3.05, 3.63) is 6.07 Å². The summed E-state index contributed by atoms with van der Waals surface area (Å²) >= 11 is 0. The Morgan fingerprint density at radius 2 is 2.18 bits per heavy atom. The van der Waals surface area contributed by atoms with E-state index in [1.54, 1.807) is 11.8 Å². The standard InChI is InChI=1S/C13H23N3O/c1-9-7-13(2,3)8-10(9)14-11-6-12(17-5)16(4)15-11/h6,9-10H,7-8H2,1-5H3,(H,14,15). The Morgan fingerprint density at radius 1 is 1.47 bits per heavy atom. The number of nitrogens with zero attached hydrogens (tertiary/aromatic N) is 2. The van der Waals surface area contributed by atoms with Crippen LogP contribution in [0.1, 0.15) is 33.6 Å². The average Bonchev–Trinajstić information content (AvgIpc) is 2.67. The number of ether oxygens (including phenoxy) is 1. The Hall–Kier alpha value is -1.19. The first-order valence-corrected chi connectivity index (χ1v) is 6.26. The maximum atomic E-state index is 5.22. The molecule has 1 heterocycles. The number of rotatable bonds is 3. The fourth-order valence-electron chi connectivity index (χ4n) is 2.99. The molecule has 2 atom stereocenters. The second-order valence-electron chi connectivity index (χ2n) is 6.00. The van der Waals surface area contributed by atoms with Gasteiger partial charge in [0.1, 0.15) is 0 Å². The monoisotopic (exact) mass is 237 g/mol. The maximum absolute atomic E-state index is 5.22. The van der Waals surface area contributed by atoms with Gasteiger partial charge in [-0.25, -0.2) is 4.68 Å². The smallest absolute Gasteiger partial charge is 0.213 e. The maximum Gasteiger partial charge on any atom is 0.213 e. The van der Waals surface area contributed by atoms with Gasteiger partial charge in [0.25, 0.3) is 0 Å². The molecule has 96 valence electrons. The summed E-state index contributed by atoms with van der Waals surface area (Å²) in [5, 5.41) is 7.94. The van der Waals surface area contributed by atoms with E-state index in [-0.39, 0.29) is 0 Å². The summed E-state index contributed by atoms with van der Waals surface area (Å²) in [5.41, 5.74) is 0.440. The van der Waals surface area contributed by atoms with Gasteiger partial charge in [-0.3, -0.25) is 0 Å². The minimum atomic E-state index is 0.440. The molecule has 0 saturated heterocycles. The van der Waals surface area contributed by atoms with Crippen LogP contribution < -0.4 is 10.1 Å². The van der Waals surface area contributed by atoms with E-state index in [1.807, 2.05) is 13.1 Å². The van der Waals surface area contributed by atoms with Crippen molar-refractivity contribution in [3.63, 3.8) is 0 Å². The fraction of sp³-hybridized carbons (Fsp3) is 0.769. The van der Waals surface area contributed by atoms with Crippen LogP contribution in [-0.4, -0.2) is 22.9 Å². The number of hydrogen-bond donors (Lipinski definition) is 1. The lowest BCUT2D eigenvalue weighted by Crippen LogP contribution is -2.22. The highest BCUT2D eigenvalue weighted by atomic mass is 16.5. The molecule has 1 saturated carbocycles. The molecule has 0 spiro atoms. The Kier molecular flexibility index (Phi) is 3.06. The zero-order valence-electron chi connectivity index (χ0n) is 11.4. The van der Waals surface area contributed by atoms with Crippen LogP contribution in [0.5, 0.6) is 5.88 Å². The van der Waals surface area contributed by atoms with Crippen molar-refractivity contribution in [1.82, 2.24) is 9.78 Å². The van der Waals surface area contributed by atoms with Crippen LogP contribution in [0.25, 0.3) is 0 Å². The van der Waals surface area contributed by atoms with Crippen molar-refractivity contribution in [2.75, 3.05) is 12.4 Å². The molecule has 2 rings (SSSR count). The molecule has 0 radical (unpaired) electrons. The van der Waals surface area contributed by atoms with Gasteiger partial charge in [0.15, 0.2) is 5.82 Å². The van der Waals surface area contributed by atoms with Crippen molar-refractivity contribution in [2.45, 2.75) is 39.7 Å². The number of methoxy groups -OCH3 is 1. The van der Waals surface area contributed by atoms with Crippen molar-refractivity contribution >= 4 is 5.82 Å². The van der Waals surface area contributed by atoms with E-state index in [9.17, 15) is 0 Å². The molecule has 1 aliphatic carbocycles. The molecule has 0 bridgehead atoms. The van der Waals surface area contributed by atoms with Gasteiger partial charge in [-0.15, -0.1) is 0 Å². The molecule has 0 aliphatic heterocycles. The van der Waals surface area contributed by atoms with Gasteiger partial charge in [-0.1, -0.05) is 20.8 Å². The Labute approximate surface area is 103 Å². The normalized spacial score (nSPS) is 27.1. The molecule has 4 heteroatoms. The Morgan fingerprint density at radius 3 is 2.65 bits per heavy atom. The molecule has 1 aromatic heterocycles. The van der Waals surface area contributed by atoms with E-state index in [4.69, 9.17) is 4.74 Å². The van der Waals surface area contributed by atoms with E-state index in [2.05, 4.69) is 31.2 Å². The lowest BCUT2D eigenvalue weighted by molar-refractivity contribution is 0.366. The van der Waals surface area contributed by atoms with Gasteiger partial charge in [0, 0.05) is 19.2 Å². The molecule has 4 nitrogen and oxygen atoms in total. The molecule has 17 heavy (non-hydrogen) atoms. The van der Waals surface area contributed by atoms with Crippen LogP contribution in [0.15, 0.2) is 6.07 Å². The molecule has 1 aliphatic rings. The lowest BCUT2D eigenvalue weighted by atomic mass is 9.91. The SMILES string of the molecule is COc1cc(NC2CC(C)(C)CC2C)nn1C.